The summed E-state index contributed by atoms with van der Waals surface area (Å²) in [6, 6.07) is 16.0. The molecule has 0 radical (unpaired) electrons. The molecule has 3 rings (SSSR count). The zero-order valence-corrected chi connectivity index (χ0v) is 12.8. The summed E-state index contributed by atoms with van der Waals surface area (Å²) in [7, 11) is 0. The maximum Gasteiger partial charge on any atom is 0.131 e. The second kappa shape index (κ2) is 5.38. The van der Waals surface area contributed by atoms with Gasteiger partial charge in [0.2, 0.25) is 0 Å². The van der Waals surface area contributed by atoms with E-state index in [0.717, 1.165) is 33.4 Å². The second-order valence-corrected chi connectivity index (χ2v) is 5.65. The lowest BCUT2D eigenvalue weighted by molar-refractivity contribution is 0.671. The largest absolute Gasteiger partial charge is 0.327 e. The van der Waals surface area contributed by atoms with E-state index in [2.05, 4.69) is 33.5 Å². The quantitative estimate of drug-likeness (QED) is 0.792. The molecule has 0 amide bonds. The first kappa shape index (κ1) is 13.3. The number of fused-ring (bicyclic) bond motifs is 1. The number of hydrogen-bond acceptors (Lipinski definition) is 2. The van der Waals surface area contributed by atoms with Gasteiger partial charge in [0, 0.05) is 11.0 Å². The van der Waals surface area contributed by atoms with E-state index in [1.54, 1.807) is 0 Å². The third kappa shape index (κ3) is 2.25. The molecule has 3 aromatic rings. The summed E-state index contributed by atoms with van der Waals surface area (Å²) in [5, 5.41) is 0. The summed E-state index contributed by atoms with van der Waals surface area (Å²) in [6.45, 7) is 2.97. The predicted octanol–water partition coefficient (Wildman–Crippen LogP) is 3.87. The van der Waals surface area contributed by atoms with Gasteiger partial charge in [-0.2, -0.15) is 0 Å². The molecule has 102 valence electrons. The van der Waals surface area contributed by atoms with E-state index in [-0.39, 0.29) is 6.04 Å². The highest BCUT2D eigenvalue weighted by molar-refractivity contribution is 9.10. The topological polar surface area (TPSA) is 43.8 Å². The van der Waals surface area contributed by atoms with Gasteiger partial charge in [0.25, 0.3) is 0 Å². The molecule has 1 heterocycles. The predicted molar refractivity (Wildman–Crippen MR) is 85.6 cm³/mol. The minimum Gasteiger partial charge on any atom is -0.327 e. The highest BCUT2D eigenvalue weighted by atomic mass is 79.9. The van der Waals surface area contributed by atoms with Crippen molar-refractivity contribution in [2.45, 2.75) is 19.5 Å². The van der Waals surface area contributed by atoms with Crippen LogP contribution >= 0.6 is 15.9 Å². The van der Waals surface area contributed by atoms with Crippen molar-refractivity contribution in [3.63, 3.8) is 0 Å². The van der Waals surface area contributed by atoms with E-state index in [4.69, 9.17) is 10.7 Å². The number of hydrogen-bond donors (Lipinski definition) is 1. The standard InChI is InChI=1S/C16H16BrN3/c1-2-20-14-9-4-3-8-13(14)19-16(20)15(18)11-6-5-7-12(17)10-11/h3-10,15H,2,18H2,1H3. The van der Waals surface area contributed by atoms with Crippen molar-refractivity contribution in [2.24, 2.45) is 5.73 Å². The zero-order chi connectivity index (χ0) is 14.1. The van der Waals surface area contributed by atoms with Crippen LogP contribution in [-0.2, 0) is 6.54 Å². The Balaban J connectivity index is 2.14. The van der Waals surface area contributed by atoms with Crippen LogP contribution < -0.4 is 5.73 Å². The smallest absolute Gasteiger partial charge is 0.131 e. The number of nitrogens with two attached hydrogens (primary N) is 1. The lowest BCUT2D eigenvalue weighted by Crippen LogP contribution is -2.17. The van der Waals surface area contributed by atoms with Crippen molar-refractivity contribution in [1.29, 1.82) is 0 Å². The Kier molecular flexibility index (Phi) is 3.59. The molecule has 4 heteroatoms. The molecule has 0 bridgehead atoms. The fourth-order valence-electron chi connectivity index (χ4n) is 2.51. The number of benzene rings is 2. The number of halogens is 1. The third-order valence-corrected chi connectivity index (χ3v) is 3.98. The molecule has 0 spiro atoms. The van der Waals surface area contributed by atoms with Gasteiger partial charge in [-0.1, -0.05) is 40.2 Å². The molecular formula is C16H16BrN3. The summed E-state index contributed by atoms with van der Waals surface area (Å²) in [6.07, 6.45) is 0. The van der Waals surface area contributed by atoms with Crippen molar-refractivity contribution >= 4 is 27.0 Å². The van der Waals surface area contributed by atoms with Crippen molar-refractivity contribution < 1.29 is 0 Å². The molecule has 0 aliphatic heterocycles. The Morgan fingerprint density at radius 3 is 2.75 bits per heavy atom. The molecule has 0 aliphatic carbocycles. The molecule has 0 aliphatic rings. The molecule has 3 nitrogen and oxygen atoms in total. The van der Waals surface area contributed by atoms with Crippen LogP contribution in [0.15, 0.2) is 53.0 Å². The average molecular weight is 330 g/mol. The zero-order valence-electron chi connectivity index (χ0n) is 11.3. The first-order valence-corrected chi connectivity index (χ1v) is 7.46. The van der Waals surface area contributed by atoms with Gasteiger partial charge in [-0.15, -0.1) is 0 Å². The monoisotopic (exact) mass is 329 g/mol. The van der Waals surface area contributed by atoms with E-state index in [9.17, 15) is 0 Å². The van der Waals surface area contributed by atoms with Crippen LogP contribution in [-0.4, -0.2) is 9.55 Å². The number of imidazole rings is 1. The van der Waals surface area contributed by atoms with Gasteiger partial charge in [0.15, 0.2) is 0 Å². The molecular weight excluding hydrogens is 314 g/mol. The number of para-hydroxylation sites is 2. The fourth-order valence-corrected chi connectivity index (χ4v) is 2.93. The summed E-state index contributed by atoms with van der Waals surface area (Å²) in [4.78, 5) is 4.71. The SMILES string of the molecule is CCn1c(C(N)c2cccc(Br)c2)nc2ccccc21. The Hall–Kier alpha value is -1.65. The molecule has 0 saturated heterocycles. The van der Waals surface area contributed by atoms with Gasteiger partial charge < -0.3 is 10.3 Å². The Bertz CT molecular complexity index is 748. The van der Waals surface area contributed by atoms with Crippen LogP contribution in [0.5, 0.6) is 0 Å². The van der Waals surface area contributed by atoms with Crippen LogP contribution in [0.2, 0.25) is 0 Å². The Morgan fingerprint density at radius 2 is 2.00 bits per heavy atom. The van der Waals surface area contributed by atoms with E-state index in [1.165, 1.54) is 0 Å². The molecule has 0 saturated carbocycles. The molecule has 2 aromatic carbocycles. The van der Waals surface area contributed by atoms with Crippen molar-refractivity contribution in [2.75, 3.05) is 0 Å². The van der Waals surface area contributed by atoms with Gasteiger partial charge in [0.05, 0.1) is 17.1 Å². The maximum absolute atomic E-state index is 6.42. The Morgan fingerprint density at radius 1 is 1.20 bits per heavy atom. The highest BCUT2D eigenvalue weighted by Crippen LogP contribution is 2.25. The minimum atomic E-state index is -0.222. The van der Waals surface area contributed by atoms with E-state index < -0.39 is 0 Å². The number of rotatable bonds is 3. The van der Waals surface area contributed by atoms with Crippen LogP contribution in [0.25, 0.3) is 11.0 Å². The van der Waals surface area contributed by atoms with E-state index >= 15 is 0 Å². The van der Waals surface area contributed by atoms with Crippen LogP contribution in [0.3, 0.4) is 0 Å². The molecule has 2 N–H and O–H groups in total. The Labute approximate surface area is 126 Å². The van der Waals surface area contributed by atoms with Gasteiger partial charge in [0.1, 0.15) is 5.82 Å². The van der Waals surface area contributed by atoms with Crippen LogP contribution in [0.4, 0.5) is 0 Å². The summed E-state index contributed by atoms with van der Waals surface area (Å²) >= 11 is 3.49. The molecule has 1 unspecified atom stereocenters. The molecule has 1 atom stereocenters. The maximum atomic E-state index is 6.42. The summed E-state index contributed by atoms with van der Waals surface area (Å²) in [5.74, 6) is 0.909. The van der Waals surface area contributed by atoms with Crippen molar-refractivity contribution in [3.05, 3.63) is 64.4 Å². The third-order valence-electron chi connectivity index (χ3n) is 3.49. The van der Waals surface area contributed by atoms with E-state index in [1.807, 2.05) is 42.5 Å². The van der Waals surface area contributed by atoms with Gasteiger partial charge in [-0.25, -0.2) is 4.98 Å². The normalized spacial score (nSPS) is 12.8. The lowest BCUT2D eigenvalue weighted by atomic mass is 10.1. The van der Waals surface area contributed by atoms with Crippen LogP contribution in [0, 0.1) is 0 Å². The second-order valence-electron chi connectivity index (χ2n) is 4.74. The lowest BCUT2D eigenvalue weighted by Gasteiger charge is -2.14. The molecule has 0 fully saturated rings. The average Bonchev–Trinajstić information content (AvgIpc) is 2.85. The highest BCUT2D eigenvalue weighted by Gasteiger charge is 2.17. The summed E-state index contributed by atoms with van der Waals surface area (Å²) in [5.41, 5.74) is 9.61. The molecule has 1 aromatic heterocycles. The van der Waals surface area contributed by atoms with Crippen LogP contribution in [0.1, 0.15) is 24.4 Å². The number of nitrogens with zero attached hydrogens (tertiary/aromatic N) is 2. The first-order chi connectivity index (χ1) is 9.70. The molecule has 20 heavy (non-hydrogen) atoms. The van der Waals surface area contributed by atoms with Gasteiger partial charge >= 0.3 is 0 Å². The van der Waals surface area contributed by atoms with Gasteiger partial charge in [-0.3, -0.25) is 0 Å². The first-order valence-electron chi connectivity index (χ1n) is 6.67. The number of aryl methyl sites for hydroxylation is 1. The van der Waals surface area contributed by atoms with E-state index in [0.29, 0.717) is 0 Å². The fraction of sp³-hybridized carbons (Fsp3) is 0.188. The summed E-state index contributed by atoms with van der Waals surface area (Å²) < 4.78 is 3.21. The van der Waals surface area contributed by atoms with Gasteiger partial charge in [-0.05, 0) is 36.8 Å². The number of aromatic nitrogens is 2. The minimum absolute atomic E-state index is 0.222. The van der Waals surface area contributed by atoms with Crippen molar-refractivity contribution in [3.8, 4) is 0 Å². The van der Waals surface area contributed by atoms with Crippen molar-refractivity contribution in [1.82, 2.24) is 9.55 Å².